The summed E-state index contributed by atoms with van der Waals surface area (Å²) in [5, 5.41) is 4.19. The monoisotopic (exact) mass is 272 g/mol. The summed E-state index contributed by atoms with van der Waals surface area (Å²) < 4.78 is 0. The summed E-state index contributed by atoms with van der Waals surface area (Å²) in [4.78, 5) is 4.81. The van der Waals surface area contributed by atoms with E-state index in [-0.39, 0.29) is 0 Å². The van der Waals surface area contributed by atoms with Gasteiger partial charge in [0.05, 0.1) is 5.69 Å². The van der Waals surface area contributed by atoms with Gasteiger partial charge in [-0.2, -0.15) is 0 Å². The average Bonchev–Trinajstić information content (AvgIpc) is 2.48. The predicted molar refractivity (Wildman–Crippen MR) is 79.5 cm³/mol. The average molecular weight is 273 g/mol. The van der Waals surface area contributed by atoms with Crippen LogP contribution in [0.2, 0.25) is 5.02 Å². The van der Waals surface area contributed by atoms with Crippen molar-refractivity contribution in [1.29, 1.82) is 0 Å². The lowest BCUT2D eigenvalue weighted by Gasteiger charge is -2.22. The van der Waals surface area contributed by atoms with Crippen LogP contribution in [0.5, 0.6) is 0 Å². The fourth-order valence-corrected chi connectivity index (χ4v) is 2.78. The Bertz CT molecular complexity index is 562. The molecule has 1 aromatic carbocycles. The summed E-state index contributed by atoms with van der Waals surface area (Å²) in [5.74, 6) is 0.535. The first-order chi connectivity index (χ1) is 9.33. The van der Waals surface area contributed by atoms with Gasteiger partial charge in [0, 0.05) is 28.7 Å². The van der Waals surface area contributed by atoms with E-state index in [4.69, 9.17) is 16.6 Å². The zero-order chi connectivity index (χ0) is 13.1. The van der Waals surface area contributed by atoms with Crippen molar-refractivity contribution < 1.29 is 0 Å². The molecule has 1 unspecified atom stereocenters. The van der Waals surface area contributed by atoms with E-state index in [0.29, 0.717) is 5.92 Å². The molecule has 2 aromatic rings. The number of rotatable bonds is 2. The standard InChI is InChI=1S/C16H17ClN2/c17-14-6-1-4-12(10-14)15-7-2-8-16(19-15)13-5-3-9-18-11-13/h1-2,4,6-8,10,13,18H,3,5,9,11H2. The summed E-state index contributed by atoms with van der Waals surface area (Å²) in [6.07, 6.45) is 2.45. The Morgan fingerprint density at radius 3 is 2.84 bits per heavy atom. The maximum Gasteiger partial charge on any atom is 0.0705 e. The van der Waals surface area contributed by atoms with Crippen molar-refractivity contribution in [3.05, 3.63) is 53.2 Å². The molecular weight excluding hydrogens is 256 g/mol. The first kappa shape index (κ1) is 12.6. The number of hydrogen-bond donors (Lipinski definition) is 1. The second-order valence-corrected chi connectivity index (χ2v) is 5.44. The first-order valence-corrected chi connectivity index (χ1v) is 7.14. The molecule has 0 aliphatic carbocycles. The second-order valence-electron chi connectivity index (χ2n) is 5.00. The molecule has 2 heterocycles. The number of hydrogen-bond acceptors (Lipinski definition) is 2. The zero-order valence-electron chi connectivity index (χ0n) is 10.8. The van der Waals surface area contributed by atoms with E-state index in [1.165, 1.54) is 18.5 Å². The SMILES string of the molecule is Clc1cccc(-c2cccc(C3CCCNC3)n2)c1. The summed E-state index contributed by atoms with van der Waals surface area (Å²) in [6.45, 7) is 2.16. The van der Waals surface area contributed by atoms with E-state index in [1.54, 1.807) is 0 Å². The highest BCUT2D eigenvalue weighted by molar-refractivity contribution is 6.30. The van der Waals surface area contributed by atoms with Crippen LogP contribution in [0.1, 0.15) is 24.5 Å². The summed E-state index contributed by atoms with van der Waals surface area (Å²) in [5.41, 5.74) is 3.27. The van der Waals surface area contributed by atoms with Crippen molar-refractivity contribution in [3.63, 3.8) is 0 Å². The maximum atomic E-state index is 6.05. The maximum absolute atomic E-state index is 6.05. The highest BCUT2D eigenvalue weighted by atomic mass is 35.5. The van der Waals surface area contributed by atoms with Gasteiger partial charge in [0.25, 0.3) is 0 Å². The van der Waals surface area contributed by atoms with Crippen molar-refractivity contribution >= 4 is 11.6 Å². The van der Waals surface area contributed by atoms with E-state index < -0.39 is 0 Å². The third-order valence-corrected chi connectivity index (χ3v) is 3.84. The van der Waals surface area contributed by atoms with Crippen LogP contribution in [-0.4, -0.2) is 18.1 Å². The lowest BCUT2D eigenvalue weighted by atomic mass is 9.95. The fourth-order valence-electron chi connectivity index (χ4n) is 2.59. The number of piperidine rings is 1. The van der Waals surface area contributed by atoms with Gasteiger partial charge < -0.3 is 5.32 Å². The molecule has 98 valence electrons. The van der Waals surface area contributed by atoms with Gasteiger partial charge in [-0.05, 0) is 43.7 Å². The second kappa shape index (κ2) is 5.72. The molecule has 1 fully saturated rings. The molecule has 1 aliphatic heterocycles. The molecular formula is C16H17ClN2. The quantitative estimate of drug-likeness (QED) is 0.898. The van der Waals surface area contributed by atoms with E-state index in [2.05, 4.69) is 23.5 Å². The van der Waals surface area contributed by atoms with Gasteiger partial charge in [0.1, 0.15) is 0 Å². The smallest absolute Gasteiger partial charge is 0.0705 e. The molecule has 3 heteroatoms. The molecule has 1 atom stereocenters. The Balaban J connectivity index is 1.91. The van der Waals surface area contributed by atoms with Gasteiger partial charge >= 0.3 is 0 Å². The van der Waals surface area contributed by atoms with Crippen molar-refractivity contribution in [3.8, 4) is 11.3 Å². The Hall–Kier alpha value is -1.38. The van der Waals surface area contributed by atoms with Crippen LogP contribution in [0.4, 0.5) is 0 Å². The normalized spacial score (nSPS) is 19.3. The van der Waals surface area contributed by atoms with Crippen molar-refractivity contribution in [2.24, 2.45) is 0 Å². The summed E-state index contributed by atoms with van der Waals surface area (Å²) in [7, 11) is 0. The minimum atomic E-state index is 0.535. The van der Waals surface area contributed by atoms with E-state index in [1.807, 2.05) is 24.3 Å². The molecule has 1 aromatic heterocycles. The predicted octanol–water partition coefficient (Wildman–Crippen LogP) is 3.87. The molecule has 0 spiro atoms. The largest absolute Gasteiger partial charge is 0.316 e. The zero-order valence-corrected chi connectivity index (χ0v) is 11.5. The van der Waals surface area contributed by atoms with Crippen LogP contribution >= 0.6 is 11.6 Å². The lowest BCUT2D eigenvalue weighted by molar-refractivity contribution is 0.455. The minimum Gasteiger partial charge on any atom is -0.316 e. The van der Waals surface area contributed by atoms with Crippen molar-refractivity contribution in [2.45, 2.75) is 18.8 Å². The third-order valence-electron chi connectivity index (χ3n) is 3.61. The molecule has 0 bridgehead atoms. The summed E-state index contributed by atoms with van der Waals surface area (Å²) >= 11 is 6.05. The number of benzene rings is 1. The van der Waals surface area contributed by atoms with Gasteiger partial charge in [-0.15, -0.1) is 0 Å². The molecule has 3 rings (SSSR count). The highest BCUT2D eigenvalue weighted by Gasteiger charge is 2.16. The number of nitrogens with zero attached hydrogens (tertiary/aromatic N) is 1. The first-order valence-electron chi connectivity index (χ1n) is 6.76. The van der Waals surface area contributed by atoms with E-state index in [9.17, 15) is 0 Å². The molecule has 1 aliphatic rings. The molecule has 1 N–H and O–H groups in total. The van der Waals surface area contributed by atoms with Gasteiger partial charge in [-0.1, -0.05) is 29.8 Å². The van der Waals surface area contributed by atoms with Crippen LogP contribution in [0.15, 0.2) is 42.5 Å². The van der Waals surface area contributed by atoms with Gasteiger partial charge in [-0.25, -0.2) is 0 Å². The molecule has 0 amide bonds. The molecule has 2 nitrogen and oxygen atoms in total. The topological polar surface area (TPSA) is 24.9 Å². The summed E-state index contributed by atoms with van der Waals surface area (Å²) in [6, 6.07) is 14.1. The third kappa shape index (κ3) is 2.96. The Morgan fingerprint density at radius 1 is 1.16 bits per heavy atom. The Labute approximate surface area is 118 Å². The number of pyridine rings is 1. The fraction of sp³-hybridized carbons (Fsp3) is 0.312. The van der Waals surface area contributed by atoms with Crippen LogP contribution < -0.4 is 5.32 Å². The van der Waals surface area contributed by atoms with Crippen molar-refractivity contribution in [2.75, 3.05) is 13.1 Å². The number of nitrogens with one attached hydrogen (secondary N) is 1. The van der Waals surface area contributed by atoms with Crippen LogP contribution in [-0.2, 0) is 0 Å². The van der Waals surface area contributed by atoms with E-state index in [0.717, 1.165) is 29.4 Å². The van der Waals surface area contributed by atoms with Crippen molar-refractivity contribution in [1.82, 2.24) is 10.3 Å². The minimum absolute atomic E-state index is 0.535. The van der Waals surface area contributed by atoms with Gasteiger partial charge in [0.2, 0.25) is 0 Å². The van der Waals surface area contributed by atoms with Crippen LogP contribution in [0, 0.1) is 0 Å². The molecule has 19 heavy (non-hydrogen) atoms. The molecule has 0 radical (unpaired) electrons. The lowest BCUT2D eigenvalue weighted by Crippen LogP contribution is -2.28. The van der Waals surface area contributed by atoms with E-state index >= 15 is 0 Å². The number of aromatic nitrogens is 1. The highest BCUT2D eigenvalue weighted by Crippen LogP contribution is 2.25. The van der Waals surface area contributed by atoms with Gasteiger partial charge in [-0.3, -0.25) is 4.98 Å². The number of halogens is 1. The molecule has 0 saturated carbocycles. The Kier molecular flexibility index (Phi) is 3.81. The molecule has 1 saturated heterocycles. The van der Waals surface area contributed by atoms with Gasteiger partial charge in [0.15, 0.2) is 0 Å². The van der Waals surface area contributed by atoms with Crippen LogP contribution in [0.3, 0.4) is 0 Å². The van der Waals surface area contributed by atoms with Crippen LogP contribution in [0.25, 0.3) is 11.3 Å². The Morgan fingerprint density at radius 2 is 2.05 bits per heavy atom.